The molecule has 2 aromatic carbocycles. The average molecular weight is 483 g/mol. The zero-order valence-electron chi connectivity index (χ0n) is 19.4. The second-order valence-corrected chi connectivity index (χ2v) is 9.76. The number of aliphatic hydroxyl groups is 1. The number of benzene rings is 2. The molecule has 7 heteroatoms. The zero-order chi connectivity index (χ0) is 24.3. The van der Waals surface area contributed by atoms with Crippen molar-refractivity contribution >= 4 is 23.2 Å². The number of Topliss-reactive ketones (excluding diaryl/α,β-unsaturated/α-hetero) is 2. The molecule has 0 saturated carbocycles. The molecule has 3 aliphatic rings. The fourth-order valence-electron chi connectivity index (χ4n) is 5.83. The Labute approximate surface area is 203 Å². The van der Waals surface area contributed by atoms with Crippen molar-refractivity contribution in [2.24, 2.45) is 5.92 Å². The van der Waals surface area contributed by atoms with Gasteiger partial charge in [-0.3, -0.25) is 9.59 Å². The first-order valence-corrected chi connectivity index (χ1v) is 11.9. The van der Waals surface area contributed by atoms with E-state index < -0.39 is 17.1 Å². The first kappa shape index (κ1) is 22.9. The molecular weight excluding hydrogens is 456 g/mol. The predicted molar refractivity (Wildman–Crippen MR) is 127 cm³/mol. The van der Waals surface area contributed by atoms with Crippen LogP contribution in [0.1, 0.15) is 54.9 Å². The maximum Gasteiger partial charge on any atom is 0.218 e. The number of hydrogen-bond donors (Lipinski definition) is 1. The third-order valence-corrected chi connectivity index (χ3v) is 7.91. The van der Waals surface area contributed by atoms with E-state index in [0.717, 1.165) is 5.56 Å². The van der Waals surface area contributed by atoms with Gasteiger partial charge in [-0.25, -0.2) is 0 Å². The lowest BCUT2D eigenvalue weighted by Gasteiger charge is -2.40. The van der Waals surface area contributed by atoms with Crippen molar-refractivity contribution in [2.45, 2.75) is 50.2 Å². The SMILES string of the molecule is COc1cc(OC)c2c(c1Cl)O[C@@]1(C2=O)C2=C(C[C@@](O)(c3ccccc3)CCC2)C(=O)C[C@H]1C. The van der Waals surface area contributed by atoms with Gasteiger partial charge < -0.3 is 19.3 Å². The average Bonchev–Trinajstić information content (AvgIpc) is 3.02. The summed E-state index contributed by atoms with van der Waals surface area (Å²) in [6.07, 6.45) is 1.83. The van der Waals surface area contributed by atoms with E-state index >= 15 is 0 Å². The number of hydrogen-bond acceptors (Lipinski definition) is 6. The third-order valence-electron chi connectivity index (χ3n) is 7.55. The number of carbonyl (C=O) groups is 2. The van der Waals surface area contributed by atoms with Gasteiger partial charge in [-0.05, 0) is 30.4 Å². The molecule has 0 unspecified atom stereocenters. The fraction of sp³-hybridized carbons (Fsp3) is 0.407. The Hall–Kier alpha value is -2.83. The lowest BCUT2D eigenvalue weighted by molar-refractivity contribution is -0.119. The van der Waals surface area contributed by atoms with Crippen LogP contribution in [0.15, 0.2) is 47.5 Å². The van der Waals surface area contributed by atoms with E-state index in [0.29, 0.717) is 41.9 Å². The number of fused-ring (bicyclic) bond motifs is 2. The molecule has 2 aromatic rings. The number of rotatable bonds is 3. The van der Waals surface area contributed by atoms with Gasteiger partial charge in [0.05, 0.1) is 19.8 Å². The van der Waals surface area contributed by atoms with Crippen molar-refractivity contribution in [1.29, 1.82) is 0 Å². The van der Waals surface area contributed by atoms with Crippen LogP contribution in [0.4, 0.5) is 0 Å². The number of methoxy groups -OCH3 is 2. The Morgan fingerprint density at radius 3 is 2.50 bits per heavy atom. The maximum atomic E-state index is 14.1. The first-order chi connectivity index (χ1) is 16.3. The summed E-state index contributed by atoms with van der Waals surface area (Å²) in [5.74, 6) is 0.162. The molecule has 0 saturated heterocycles. The lowest BCUT2D eigenvalue weighted by atomic mass is 9.67. The molecule has 1 heterocycles. The third kappa shape index (κ3) is 3.12. The van der Waals surface area contributed by atoms with Crippen LogP contribution in [0.2, 0.25) is 5.02 Å². The summed E-state index contributed by atoms with van der Waals surface area (Å²) in [4.78, 5) is 27.4. The highest BCUT2D eigenvalue weighted by atomic mass is 35.5. The number of ketones is 2. The molecule has 0 bridgehead atoms. The summed E-state index contributed by atoms with van der Waals surface area (Å²) in [6, 6.07) is 11.0. The summed E-state index contributed by atoms with van der Waals surface area (Å²) < 4.78 is 17.4. The fourth-order valence-corrected chi connectivity index (χ4v) is 6.10. The quantitative estimate of drug-likeness (QED) is 0.660. The summed E-state index contributed by atoms with van der Waals surface area (Å²) in [7, 11) is 2.96. The normalized spacial score (nSPS) is 28.3. The van der Waals surface area contributed by atoms with E-state index in [1.54, 1.807) is 6.07 Å². The highest BCUT2D eigenvalue weighted by Crippen LogP contribution is 2.57. The van der Waals surface area contributed by atoms with Crippen LogP contribution in [0.3, 0.4) is 0 Å². The molecule has 0 radical (unpaired) electrons. The van der Waals surface area contributed by atoms with Crippen molar-refractivity contribution < 1.29 is 28.9 Å². The Kier molecular flexibility index (Phi) is 5.49. The zero-order valence-corrected chi connectivity index (χ0v) is 20.2. The second-order valence-electron chi connectivity index (χ2n) is 9.38. The highest BCUT2D eigenvalue weighted by molar-refractivity contribution is 6.35. The Morgan fingerprint density at radius 1 is 1.12 bits per heavy atom. The summed E-state index contributed by atoms with van der Waals surface area (Å²) in [5.41, 5.74) is -0.379. The Balaban J connectivity index is 1.68. The van der Waals surface area contributed by atoms with E-state index in [9.17, 15) is 14.7 Å². The molecule has 1 aliphatic heterocycles. The molecule has 0 fully saturated rings. The van der Waals surface area contributed by atoms with Crippen LogP contribution in [-0.2, 0) is 10.4 Å². The predicted octanol–water partition coefficient (Wildman–Crippen LogP) is 5.04. The van der Waals surface area contributed by atoms with Crippen LogP contribution in [0, 0.1) is 5.92 Å². The molecule has 5 rings (SSSR count). The number of ether oxygens (including phenoxy) is 3. The van der Waals surface area contributed by atoms with Gasteiger partial charge in [-0.2, -0.15) is 0 Å². The van der Waals surface area contributed by atoms with Gasteiger partial charge in [0.2, 0.25) is 5.78 Å². The summed E-state index contributed by atoms with van der Waals surface area (Å²) >= 11 is 6.58. The van der Waals surface area contributed by atoms with E-state index in [1.165, 1.54) is 14.2 Å². The van der Waals surface area contributed by atoms with Crippen molar-refractivity contribution in [2.75, 3.05) is 14.2 Å². The Morgan fingerprint density at radius 2 is 1.82 bits per heavy atom. The van der Waals surface area contributed by atoms with Crippen molar-refractivity contribution in [3.63, 3.8) is 0 Å². The summed E-state index contributed by atoms with van der Waals surface area (Å²) in [6.45, 7) is 1.86. The van der Waals surface area contributed by atoms with E-state index in [2.05, 4.69) is 0 Å². The van der Waals surface area contributed by atoms with Gasteiger partial charge in [-0.15, -0.1) is 0 Å². The van der Waals surface area contributed by atoms with Crippen molar-refractivity contribution in [3.05, 3.63) is 63.7 Å². The van der Waals surface area contributed by atoms with Crippen LogP contribution in [0.5, 0.6) is 17.2 Å². The molecule has 3 atom stereocenters. The van der Waals surface area contributed by atoms with Gasteiger partial charge >= 0.3 is 0 Å². The number of halogens is 1. The maximum absolute atomic E-state index is 14.1. The standard InChI is InChI=1S/C27H27ClO6/c1-15-12-19(29)17-14-26(31,16-8-5-4-6-9-16)11-7-10-18(17)27(15)25(30)22-20(32-2)13-21(33-3)23(28)24(22)34-27/h4-6,8-9,13,15,31H,7,10-12,14H2,1-3H3/t15-,26-,27-/m1/s1. The van der Waals surface area contributed by atoms with E-state index in [-0.39, 0.29) is 40.7 Å². The van der Waals surface area contributed by atoms with E-state index in [1.807, 2.05) is 37.3 Å². The van der Waals surface area contributed by atoms with Crippen molar-refractivity contribution in [1.82, 2.24) is 0 Å². The minimum absolute atomic E-state index is 0.0487. The van der Waals surface area contributed by atoms with Crippen LogP contribution in [-0.4, -0.2) is 36.5 Å². The van der Waals surface area contributed by atoms with Crippen LogP contribution in [0.25, 0.3) is 0 Å². The molecule has 2 aliphatic carbocycles. The molecule has 178 valence electrons. The summed E-state index contributed by atoms with van der Waals surface area (Å²) in [5, 5.41) is 11.8. The molecule has 0 amide bonds. The topological polar surface area (TPSA) is 82.1 Å². The number of carbonyl (C=O) groups excluding carboxylic acids is 2. The Bertz CT molecular complexity index is 1220. The van der Waals surface area contributed by atoms with Crippen LogP contribution >= 0.6 is 11.6 Å². The largest absolute Gasteiger partial charge is 0.496 e. The smallest absolute Gasteiger partial charge is 0.218 e. The molecule has 0 aromatic heterocycles. The van der Waals surface area contributed by atoms with Gasteiger partial charge in [-0.1, -0.05) is 48.9 Å². The molecule has 6 nitrogen and oxygen atoms in total. The van der Waals surface area contributed by atoms with Gasteiger partial charge in [0, 0.05) is 30.4 Å². The first-order valence-electron chi connectivity index (χ1n) is 11.5. The van der Waals surface area contributed by atoms with Crippen molar-refractivity contribution in [3.8, 4) is 17.2 Å². The van der Waals surface area contributed by atoms with Crippen LogP contribution < -0.4 is 14.2 Å². The molecule has 34 heavy (non-hydrogen) atoms. The molecule has 1 spiro atoms. The monoisotopic (exact) mass is 482 g/mol. The minimum Gasteiger partial charge on any atom is -0.496 e. The van der Waals surface area contributed by atoms with Gasteiger partial charge in [0.25, 0.3) is 0 Å². The van der Waals surface area contributed by atoms with Gasteiger partial charge in [0.1, 0.15) is 22.1 Å². The molecular formula is C27H27ClO6. The molecule has 1 N–H and O–H groups in total. The minimum atomic E-state index is -1.36. The highest BCUT2D eigenvalue weighted by Gasteiger charge is 2.60. The second kappa shape index (κ2) is 8.14. The van der Waals surface area contributed by atoms with E-state index in [4.69, 9.17) is 25.8 Å². The van der Waals surface area contributed by atoms with Gasteiger partial charge in [0.15, 0.2) is 17.1 Å². The lowest BCUT2D eigenvalue weighted by Crippen LogP contribution is -2.52.